The maximum absolute atomic E-state index is 11.0. The molecule has 0 unspecified atom stereocenters. The molecule has 0 saturated carbocycles. The summed E-state index contributed by atoms with van der Waals surface area (Å²) < 4.78 is 4.78. The van der Waals surface area contributed by atoms with Gasteiger partial charge in [-0.1, -0.05) is 31.5 Å². The molecule has 0 atom stereocenters. The van der Waals surface area contributed by atoms with Crippen molar-refractivity contribution < 1.29 is 9.53 Å². The predicted octanol–water partition coefficient (Wildman–Crippen LogP) is 2.87. The zero-order chi connectivity index (χ0) is 11.7. The molecule has 0 spiro atoms. The minimum atomic E-state index is -0.244. The summed E-state index contributed by atoms with van der Waals surface area (Å²) in [6.45, 7) is 6.18. The van der Waals surface area contributed by atoms with Gasteiger partial charge in [-0.2, -0.15) is 0 Å². The lowest BCUT2D eigenvalue weighted by Gasteiger charge is -2.00. The van der Waals surface area contributed by atoms with Crippen LogP contribution < -0.4 is 0 Å². The second-order valence-corrected chi connectivity index (χ2v) is 2.86. The van der Waals surface area contributed by atoms with Crippen molar-refractivity contribution in [2.45, 2.75) is 27.2 Å². The average molecular weight is 230 g/mol. The van der Waals surface area contributed by atoms with Gasteiger partial charge in [0.25, 0.3) is 0 Å². The van der Waals surface area contributed by atoms with Crippen LogP contribution in [0.1, 0.15) is 26.3 Å². The van der Waals surface area contributed by atoms with Crippen LogP contribution in [0.5, 0.6) is 0 Å². The molecule has 0 amide bonds. The zero-order valence-electron chi connectivity index (χ0n) is 9.29. The quantitative estimate of drug-likeness (QED) is 0.591. The molecule has 0 aliphatic rings. The SMILES string of the molecule is CC.CCOC(=O)Cc1ccc(Cl)nc1. The average Bonchev–Trinajstić information content (AvgIpc) is 2.25. The summed E-state index contributed by atoms with van der Waals surface area (Å²) in [5.41, 5.74) is 0.808. The van der Waals surface area contributed by atoms with Crippen LogP contribution in [0.2, 0.25) is 5.15 Å². The van der Waals surface area contributed by atoms with Gasteiger partial charge in [0.1, 0.15) is 5.15 Å². The lowest BCUT2D eigenvalue weighted by atomic mass is 10.2. The smallest absolute Gasteiger partial charge is 0.310 e. The second kappa shape index (κ2) is 8.24. The first-order valence-electron chi connectivity index (χ1n) is 4.98. The number of nitrogens with zero attached hydrogens (tertiary/aromatic N) is 1. The van der Waals surface area contributed by atoms with E-state index in [-0.39, 0.29) is 12.4 Å². The predicted molar refractivity (Wildman–Crippen MR) is 60.9 cm³/mol. The Balaban J connectivity index is 0.000000921. The van der Waals surface area contributed by atoms with Crippen LogP contribution in [0.3, 0.4) is 0 Å². The third-order valence-corrected chi connectivity index (χ3v) is 1.67. The molecule has 1 heterocycles. The van der Waals surface area contributed by atoms with E-state index in [9.17, 15) is 4.79 Å². The number of aromatic nitrogens is 1. The number of rotatable bonds is 3. The van der Waals surface area contributed by atoms with Crippen LogP contribution in [0.25, 0.3) is 0 Å². The summed E-state index contributed by atoms with van der Waals surface area (Å²) in [6.07, 6.45) is 1.82. The van der Waals surface area contributed by atoms with Gasteiger partial charge in [0, 0.05) is 6.20 Å². The van der Waals surface area contributed by atoms with Gasteiger partial charge >= 0.3 is 5.97 Å². The third kappa shape index (κ3) is 6.07. The molecule has 1 aromatic heterocycles. The molecular formula is C11H16ClNO2. The summed E-state index contributed by atoms with van der Waals surface area (Å²) >= 11 is 5.58. The number of pyridine rings is 1. The minimum Gasteiger partial charge on any atom is -0.466 e. The number of hydrogen-bond acceptors (Lipinski definition) is 3. The zero-order valence-corrected chi connectivity index (χ0v) is 10.0. The Morgan fingerprint density at radius 3 is 2.60 bits per heavy atom. The van der Waals surface area contributed by atoms with Crippen LogP contribution in [0.4, 0.5) is 0 Å². The summed E-state index contributed by atoms with van der Waals surface area (Å²) in [5.74, 6) is -0.244. The molecule has 0 aliphatic heterocycles. The molecular weight excluding hydrogens is 214 g/mol. The standard InChI is InChI=1S/C9H10ClNO2.C2H6/c1-2-13-9(12)5-7-3-4-8(10)11-6-7;1-2/h3-4,6H,2,5H2,1H3;1-2H3. The highest BCUT2D eigenvalue weighted by Gasteiger charge is 2.03. The van der Waals surface area contributed by atoms with Gasteiger partial charge in [0.05, 0.1) is 13.0 Å². The highest BCUT2D eigenvalue weighted by Crippen LogP contribution is 2.06. The lowest BCUT2D eigenvalue weighted by molar-refractivity contribution is -0.142. The minimum absolute atomic E-state index is 0.244. The van der Waals surface area contributed by atoms with Crippen molar-refractivity contribution >= 4 is 17.6 Å². The highest BCUT2D eigenvalue weighted by atomic mass is 35.5. The van der Waals surface area contributed by atoms with E-state index in [1.807, 2.05) is 13.8 Å². The van der Waals surface area contributed by atoms with E-state index >= 15 is 0 Å². The van der Waals surface area contributed by atoms with E-state index in [1.165, 1.54) is 0 Å². The summed E-state index contributed by atoms with van der Waals surface area (Å²) in [4.78, 5) is 14.9. The highest BCUT2D eigenvalue weighted by molar-refractivity contribution is 6.29. The van der Waals surface area contributed by atoms with Crippen molar-refractivity contribution in [2.24, 2.45) is 0 Å². The Hall–Kier alpha value is -1.09. The van der Waals surface area contributed by atoms with Crippen LogP contribution in [-0.4, -0.2) is 17.6 Å². The maximum atomic E-state index is 11.0. The largest absolute Gasteiger partial charge is 0.466 e. The second-order valence-electron chi connectivity index (χ2n) is 2.47. The first-order chi connectivity index (χ1) is 7.22. The number of carbonyl (C=O) groups excluding carboxylic acids is 1. The topological polar surface area (TPSA) is 39.2 Å². The molecule has 3 nitrogen and oxygen atoms in total. The third-order valence-electron chi connectivity index (χ3n) is 1.44. The monoisotopic (exact) mass is 229 g/mol. The van der Waals surface area contributed by atoms with Crippen LogP contribution in [0, 0.1) is 0 Å². The number of esters is 1. The molecule has 4 heteroatoms. The van der Waals surface area contributed by atoms with E-state index in [4.69, 9.17) is 16.3 Å². The Morgan fingerprint density at radius 1 is 1.47 bits per heavy atom. The molecule has 0 bridgehead atoms. The van der Waals surface area contributed by atoms with E-state index in [1.54, 1.807) is 25.3 Å². The van der Waals surface area contributed by atoms with Crippen LogP contribution >= 0.6 is 11.6 Å². The Kier molecular flexibility index (Phi) is 7.64. The molecule has 0 fully saturated rings. The van der Waals surface area contributed by atoms with Crippen molar-refractivity contribution in [3.05, 3.63) is 29.0 Å². The molecule has 1 aromatic rings. The fourth-order valence-corrected chi connectivity index (χ4v) is 1.00. The van der Waals surface area contributed by atoms with Crippen LogP contribution in [0.15, 0.2) is 18.3 Å². The summed E-state index contributed by atoms with van der Waals surface area (Å²) in [7, 11) is 0. The summed E-state index contributed by atoms with van der Waals surface area (Å²) in [5, 5.41) is 0.424. The van der Waals surface area contributed by atoms with Gasteiger partial charge in [-0.25, -0.2) is 4.98 Å². The summed E-state index contributed by atoms with van der Waals surface area (Å²) in [6, 6.07) is 3.41. The molecule has 0 aliphatic carbocycles. The molecule has 0 N–H and O–H groups in total. The molecule has 15 heavy (non-hydrogen) atoms. The normalized spacial score (nSPS) is 8.80. The van der Waals surface area contributed by atoms with Gasteiger partial charge < -0.3 is 4.74 Å². The molecule has 0 aromatic carbocycles. The van der Waals surface area contributed by atoms with E-state index in [0.717, 1.165) is 5.56 Å². The number of hydrogen-bond donors (Lipinski definition) is 0. The van der Waals surface area contributed by atoms with E-state index < -0.39 is 0 Å². The van der Waals surface area contributed by atoms with Crippen molar-refractivity contribution in [1.29, 1.82) is 0 Å². The fraction of sp³-hybridized carbons (Fsp3) is 0.455. The van der Waals surface area contributed by atoms with Gasteiger partial charge in [0.2, 0.25) is 0 Å². The van der Waals surface area contributed by atoms with Gasteiger partial charge in [0.15, 0.2) is 0 Å². The van der Waals surface area contributed by atoms with Gasteiger partial charge in [-0.15, -0.1) is 0 Å². The van der Waals surface area contributed by atoms with Crippen molar-refractivity contribution in [3.8, 4) is 0 Å². The number of ether oxygens (including phenoxy) is 1. The molecule has 84 valence electrons. The maximum Gasteiger partial charge on any atom is 0.310 e. The Bertz CT molecular complexity index is 285. The van der Waals surface area contributed by atoms with Gasteiger partial charge in [-0.3, -0.25) is 4.79 Å². The Morgan fingerprint density at radius 2 is 2.13 bits per heavy atom. The lowest BCUT2D eigenvalue weighted by Crippen LogP contribution is -2.07. The fourth-order valence-electron chi connectivity index (χ4n) is 0.890. The molecule has 0 radical (unpaired) electrons. The van der Waals surface area contributed by atoms with E-state index in [2.05, 4.69) is 4.98 Å². The number of halogens is 1. The number of carbonyl (C=O) groups is 1. The molecule has 0 saturated heterocycles. The van der Waals surface area contributed by atoms with Crippen molar-refractivity contribution in [3.63, 3.8) is 0 Å². The first-order valence-corrected chi connectivity index (χ1v) is 5.36. The van der Waals surface area contributed by atoms with Crippen molar-refractivity contribution in [2.75, 3.05) is 6.61 Å². The van der Waals surface area contributed by atoms with Crippen LogP contribution in [-0.2, 0) is 16.0 Å². The van der Waals surface area contributed by atoms with Gasteiger partial charge in [-0.05, 0) is 18.6 Å². The van der Waals surface area contributed by atoms with E-state index in [0.29, 0.717) is 11.8 Å². The Labute approximate surface area is 95.4 Å². The van der Waals surface area contributed by atoms with Crippen molar-refractivity contribution in [1.82, 2.24) is 4.98 Å². The first kappa shape index (κ1) is 13.9. The molecule has 1 rings (SSSR count).